The summed E-state index contributed by atoms with van der Waals surface area (Å²) in [5.41, 5.74) is 2.82. The fraction of sp³-hybridized carbons (Fsp3) is 0.432. The third-order valence-electron chi connectivity index (χ3n) is 8.63. The van der Waals surface area contributed by atoms with Crippen LogP contribution in [0.2, 0.25) is 0 Å². The molecule has 1 aliphatic rings. The molecule has 2 heterocycles. The Kier molecular flexibility index (Phi) is 13.4. The van der Waals surface area contributed by atoms with Gasteiger partial charge in [0.2, 0.25) is 29.5 Å². The van der Waals surface area contributed by atoms with Gasteiger partial charge in [-0.25, -0.2) is 4.98 Å². The molecule has 13 nitrogen and oxygen atoms in total. The monoisotopic (exact) mass is 717 g/mol. The number of fused-ring (bicyclic) bond motifs is 2. The zero-order chi connectivity index (χ0) is 37.2. The Morgan fingerprint density at radius 1 is 0.863 bits per heavy atom. The minimum absolute atomic E-state index is 0.0501. The van der Waals surface area contributed by atoms with Crippen molar-refractivity contribution in [1.29, 1.82) is 0 Å². The van der Waals surface area contributed by atoms with Gasteiger partial charge in [-0.1, -0.05) is 74.0 Å². The normalized spacial score (nSPS) is 21.7. The van der Waals surface area contributed by atoms with Crippen LogP contribution >= 0.6 is 11.3 Å². The molecule has 1 aliphatic heterocycles. The van der Waals surface area contributed by atoms with Gasteiger partial charge in [-0.05, 0) is 44.2 Å². The molecule has 0 aliphatic carbocycles. The number of hydrogen-bond acceptors (Lipinski definition) is 8. The number of carbonyl (C=O) groups excluding carboxylic acids is 6. The Labute approximate surface area is 302 Å². The minimum Gasteiger partial charge on any atom is -0.345 e. The molecule has 0 unspecified atom stereocenters. The van der Waals surface area contributed by atoms with Crippen LogP contribution in [0.5, 0.6) is 0 Å². The van der Waals surface area contributed by atoms with E-state index in [1.165, 1.54) is 35.0 Å². The van der Waals surface area contributed by atoms with Crippen LogP contribution in [0.3, 0.4) is 0 Å². The third-order valence-corrected chi connectivity index (χ3v) is 9.59. The van der Waals surface area contributed by atoms with E-state index in [4.69, 9.17) is 0 Å². The SMILES string of the molecule is Cc1ccc(CC(=O)N2CCN(C)C(=O)[C@@H](C)NC(=O)[C@H](C(C)C)NC(=O)[C@H](C)NC(=O)c3csc(n3)[C@H](Cc3ccccc3)NC(=O)C2)cc1. The van der Waals surface area contributed by atoms with Crippen molar-refractivity contribution in [2.24, 2.45) is 5.92 Å². The van der Waals surface area contributed by atoms with Crippen molar-refractivity contribution in [3.8, 4) is 0 Å². The lowest BCUT2D eigenvalue weighted by Gasteiger charge is -2.29. The molecular formula is C37H47N7O6S. The second kappa shape index (κ2) is 17.7. The molecular weight excluding hydrogens is 671 g/mol. The summed E-state index contributed by atoms with van der Waals surface area (Å²) in [6.07, 6.45) is 0.417. The molecule has 0 fully saturated rings. The van der Waals surface area contributed by atoms with E-state index in [-0.39, 0.29) is 43.6 Å². The van der Waals surface area contributed by atoms with Crippen molar-refractivity contribution in [2.45, 2.75) is 71.6 Å². The first-order valence-electron chi connectivity index (χ1n) is 17.0. The molecule has 0 radical (unpaired) electrons. The van der Waals surface area contributed by atoms with Crippen LogP contribution in [-0.2, 0) is 36.8 Å². The molecule has 0 spiro atoms. The highest BCUT2D eigenvalue weighted by molar-refractivity contribution is 7.09. The molecule has 51 heavy (non-hydrogen) atoms. The molecule has 4 atom stereocenters. The quantitative estimate of drug-likeness (QED) is 0.314. The fourth-order valence-corrected chi connectivity index (χ4v) is 6.37. The lowest BCUT2D eigenvalue weighted by atomic mass is 10.0. The van der Waals surface area contributed by atoms with Crippen LogP contribution < -0.4 is 21.3 Å². The van der Waals surface area contributed by atoms with Crippen molar-refractivity contribution in [3.63, 3.8) is 0 Å². The van der Waals surface area contributed by atoms with Gasteiger partial charge in [-0.2, -0.15) is 0 Å². The zero-order valence-corrected chi connectivity index (χ0v) is 30.7. The first-order chi connectivity index (χ1) is 24.2. The van der Waals surface area contributed by atoms with E-state index in [2.05, 4.69) is 26.3 Å². The first kappa shape index (κ1) is 38.7. The molecule has 272 valence electrons. The summed E-state index contributed by atoms with van der Waals surface area (Å²) >= 11 is 1.19. The number of likely N-dealkylation sites (N-methyl/N-ethyl adjacent to an activating group) is 1. The number of hydrogen-bond donors (Lipinski definition) is 4. The maximum atomic E-state index is 13.7. The van der Waals surface area contributed by atoms with Crippen molar-refractivity contribution in [3.05, 3.63) is 87.4 Å². The fourth-order valence-electron chi connectivity index (χ4n) is 5.53. The van der Waals surface area contributed by atoms with Crippen molar-refractivity contribution in [1.82, 2.24) is 36.1 Å². The molecule has 0 saturated heterocycles. The number of nitrogens with one attached hydrogen (secondary N) is 4. The molecule has 6 amide bonds. The van der Waals surface area contributed by atoms with E-state index >= 15 is 0 Å². The summed E-state index contributed by atoms with van der Waals surface area (Å²) in [6, 6.07) is 13.5. The van der Waals surface area contributed by atoms with Crippen molar-refractivity contribution in [2.75, 3.05) is 26.7 Å². The molecule has 2 bridgehead atoms. The lowest BCUT2D eigenvalue weighted by molar-refractivity contribution is -0.138. The molecule has 4 rings (SSSR count). The Morgan fingerprint density at radius 2 is 1.55 bits per heavy atom. The zero-order valence-electron chi connectivity index (χ0n) is 29.9. The van der Waals surface area contributed by atoms with Crippen molar-refractivity contribution >= 4 is 46.8 Å². The molecule has 14 heteroatoms. The molecule has 0 saturated carbocycles. The van der Waals surface area contributed by atoms with E-state index in [9.17, 15) is 28.8 Å². The third kappa shape index (κ3) is 10.9. The molecule has 2 aromatic carbocycles. The highest BCUT2D eigenvalue weighted by atomic mass is 32.1. The summed E-state index contributed by atoms with van der Waals surface area (Å²) in [5, 5.41) is 13.1. The Balaban J connectivity index is 1.67. The highest BCUT2D eigenvalue weighted by Gasteiger charge is 2.31. The summed E-state index contributed by atoms with van der Waals surface area (Å²) in [5.74, 6) is -3.24. The number of nitrogens with zero attached hydrogens (tertiary/aromatic N) is 3. The van der Waals surface area contributed by atoms with Crippen LogP contribution in [0.25, 0.3) is 0 Å². The van der Waals surface area contributed by atoms with Gasteiger partial charge in [0.15, 0.2) is 0 Å². The number of benzene rings is 2. The number of rotatable bonds is 5. The predicted molar refractivity (Wildman–Crippen MR) is 194 cm³/mol. The van der Waals surface area contributed by atoms with Crippen LogP contribution in [0.1, 0.15) is 65.9 Å². The standard InChI is InChI=1S/C37H47N7O6S/c1-22(2)32-35(49)39-25(5)37(50)43(6)16-17-44(31(46)19-27-14-12-23(3)13-15-27)20-30(45)40-28(18-26-10-8-7-9-11-26)36-41-29(21-51-36)34(48)38-24(4)33(47)42-32/h7-15,21-22,24-25,28,32H,16-20H2,1-6H3,(H,38,48)(H,39,49)(H,40,45)(H,42,47)/t24-,25+,28-,32-/m0/s1. The van der Waals surface area contributed by atoms with Gasteiger partial charge < -0.3 is 31.1 Å². The van der Waals surface area contributed by atoms with E-state index in [1.54, 1.807) is 26.3 Å². The smallest absolute Gasteiger partial charge is 0.271 e. The van der Waals surface area contributed by atoms with E-state index in [1.807, 2.05) is 61.5 Å². The number of aromatic nitrogens is 1. The van der Waals surface area contributed by atoms with E-state index in [0.717, 1.165) is 16.7 Å². The molecule has 4 N–H and O–H groups in total. The Morgan fingerprint density at radius 3 is 2.22 bits per heavy atom. The summed E-state index contributed by atoms with van der Waals surface area (Å²) < 4.78 is 0. The van der Waals surface area contributed by atoms with Crippen LogP contribution in [0.15, 0.2) is 60.0 Å². The maximum Gasteiger partial charge on any atom is 0.271 e. The Hall–Kier alpha value is -5.11. The second-order valence-electron chi connectivity index (χ2n) is 13.3. The average molecular weight is 718 g/mol. The first-order valence-corrected chi connectivity index (χ1v) is 17.9. The van der Waals surface area contributed by atoms with Gasteiger partial charge in [0, 0.05) is 25.5 Å². The van der Waals surface area contributed by atoms with Crippen LogP contribution in [0, 0.1) is 12.8 Å². The number of aryl methyl sites for hydroxylation is 1. The van der Waals surface area contributed by atoms with Crippen LogP contribution in [-0.4, -0.2) is 95.0 Å². The van der Waals surface area contributed by atoms with Gasteiger partial charge in [-0.3, -0.25) is 28.8 Å². The topological polar surface area (TPSA) is 170 Å². The number of amides is 6. The lowest BCUT2D eigenvalue weighted by Crippen LogP contribution is -2.57. The largest absolute Gasteiger partial charge is 0.345 e. The van der Waals surface area contributed by atoms with Crippen molar-refractivity contribution < 1.29 is 28.8 Å². The molecule has 1 aromatic heterocycles. The van der Waals surface area contributed by atoms with Gasteiger partial charge in [0.25, 0.3) is 5.91 Å². The maximum absolute atomic E-state index is 13.7. The highest BCUT2D eigenvalue weighted by Crippen LogP contribution is 2.23. The number of thiazole rings is 1. The van der Waals surface area contributed by atoms with Crippen LogP contribution in [0.4, 0.5) is 0 Å². The second-order valence-corrected chi connectivity index (χ2v) is 14.2. The van der Waals surface area contributed by atoms with Gasteiger partial charge in [0.05, 0.1) is 19.0 Å². The van der Waals surface area contributed by atoms with Gasteiger partial charge in [-0.15, -0.1) is 11.3 Å². The van der Waals surface area contributed by atoms with Gasteiger partial charge in [0.1, 0.15) is 28.8 Å². The van der Waals surface area contributed by atoms with E-state index in [0.29, 0.717) is 11.4 Å². The predicted octanol–water partition coefficient (Wildman–Crippen LogP) is 2.16. The number of carbonyl (C=O) groups is 6. The molecule has 3 aromatic rings. The summed E-state index contributed by atoms with van der Waals surface area (Å²) in [7, 11) is 1.56. The Bertz CT molecular complexity index is 1710. The summed E-state index contributed by atoms with van der Waals surface area (Å²) in [4.78, 5) is 87.7. The average Bonchev–Trinajstić information content (AvgIpc) is 3.59. The minimum atomic E-state index is -1.01. The summed E-state index contributed by atoms with van der Waals surface area (Å²) in [6.45, 7) is 8.36. The van der Waals surface area contributed by atoms with Gasteiger partial charge >= 0.3 is 0 Å². The van der Waals surface area contributed by atoms with E-state index < -0.39 is 53.7 Å².